The zero-order valence-corrected chi connectivity index (χ0v) is 20.5. The molecule has 0 spiro atoms. The lowest BCUT2D eigenvalue weighted by Gasteiger charge is -2.12. The molecule has 4 rings (SSSR count). The lowest BCUT2D eigenvalue weighted by molar-refractivity contribution is -0.113. The molecule has 3 aromatic carbocycles. The molecule has 0 saturated heterocycles. The van der Waals surface area contributed by atoms with Crippen LogP contribution in [-0.2, 0) is 11.3 Å². The summed E-state index contributed by atoms with van der Waals surface area (Å²) in [5.74, 6) is 0.937. The Morgan fingerprint density at radius 1 is 0.972 bits per heavy atom. The molecule has 2 amide bonds. The Labute approximate surface area is 213 Å². The van der Waals surface area contributed by atoms with Crippen LogP contribution in [0.15, 0.2) is 96.7 Å². The SMILES string of the molecule is C=CCn1c(SCC(=O)Nc2ccccc2C(=O)Nc2ccccc2)nnc1-c1ccc(OC)cc1. The van der Waals surface area contributed by atoms with Gasteiger partial charge in [0.1, 0.15) is 5.75 Å². The van der Waals surface area contributed by atoms with Crippen molar-refractivity contribution in [2.75, 3.05) is 23.5 Å². The molecule has 0 unspecified atom stereocenters. The summed E-state index contributed by atoms with van der Waals surface area (Å²) < 4.78 is 7.12. The fourth-order valence-corrected chi connectivity index (χ4v) is 4.22. The quantitative estimate of drug-likeness (QED) is 0.232. The molecule has 0 aliphatic heterocycles. The fourth-order valence-electron chi connectivity index (χ4n) is 3.47. The third-order valence-corrected chi connectivity index (χ3v) is 6.15. The van der Waals surface area contributed by atoms with Gasteiger partial charge in [-0.2, -0.15) is 0 Å². The van der Waals surface area contributed by atoms with Crippen molar-refractivity contribution in [3.05, 3.63) is 97.1 Å². The van der Waals surface area contributed by atoms with Gasteiger partial charge in [0.25, 0.3) is 5.91 Å². The molecule has 0 saturated carbocycles. The maximum Gasteiger partial charge on any atom is 0.257 e. The second-order valence-electron chi connectivity index (χ2n) is 7.64. The number of allylic oxidation sites excluding steroid dienone is 1. The Morgan fingerprint density at radius 2 is 1.69 bits per heavy atom. The molecular formula is C27H25N5O3S. The summed E-state index contributed by atoms with van der Waals surface area (Å²) in [5.41, 5.74) is 2.35. The number of ether oxygens (including phenoxy) is 1. The van der Waals surface area contributed by atoms with Gasteiger partial charge in [-0.15, -0.1) is 16.8 Å². The lowest BCUT2D eigenvalue weighted by Crippen LogP contribution is -2.19. The number of hydrogen-bond donors (Lipinski definition) is 2. The van der Waals surface area contributed by atoms with Gasteiger partial charge < -0.3 is 15.4 Å². The van der Waals surface area contributed by atoms with Crippen LogP contribution in [0.1, 0.15) is 10.4 Å². The van der Waals surface area contributed by atoms with Gasteiger partial charge >= 0.3 is 0 Å². The summed E-state index contributed by atoms with van der Waals surface area (Å²) in [6, 6.07) is 23.6. The van der Waals surface area contributed by atoms with Crippen molar-refractivity contribution in [2.24, 2.45) is 0 Å². The number of nitrogens with one attached hydrogen (secondary N) is 2. The highest BCUT2D eigenvalue weighted by Gasteiger charge is 2.17. The number of anilines is 2. The predicted molar refractivity (Wildman–Crippen MR) is 142 cm³/mol. The number of thioether (sulfide) groups is 1. The maximum atomic E-state index is 12.8. The first-order valence-electron chi connectivity index (χ1n) is 11.2. The van der Waals surface area contributed by atoms with Crippen molar-refractivity contribution in [1.29, 1.82) is 0 Å². The van der Waals surface area contributed by atoms with Gasteiger partial charge in [0.05, 0.1) is 24.1 Å². The van der Waals surface area contributed by atoms with Gasteiger partial charge in [-0.1, -0.05) is 48.2 Å². The average molecular weight is 500 g/mol. The monoisotopic (exact) mass is 499 g/mol. The van der Waals surface area contributed by atoms with E-state index in [9.17, 15) is 9.59 Å². The lowest BCUT2D eigenvalue weighted by atomic mass is 10.1. The molecule has 0 radical (unpaired) electrons. The van der Waals surface area contributed by atoms with Crippen LogP contribution >= 0.6 is 11.8 Å². The van der Waals surface area contributed by atoms with Crippen LogP contribution in [-0.4, -0.2) is 39.4 Å². The molecule has 2 N–H and O–H groups in total. The molecule has 0 aliphatic carbocycles. The molecule has 0 fully saturated rings. The second-order valence-corrected chi connectivity index (χ2v) is 8.58. The molecule has 0 atom stereocenters. The maximum absolute atomic E-state index is 12.8. The summed E-state index contributed by atoms with van der Waals surface area (Å²) in [7, 11) is 1.61. The summed E-state index contributed by atoms with van der Waals surface area (Å²) >= 11 is 1.26. The second kappa shape index (κ2) is 11.9. The number of benzene rings is 3. The van der Waals surface area contributed by atoms with Crippen LogP contribution in [0.3, 0.4) is 0 Å². The zero-order valence-electron chi connectivity index (χ0n) is 19.7. The zero-order chi connectivity index (χ0) is 25.3. The number of nitrogens with zero attached hydrogens (tertiary/aromatic N) is 3. The van der Waals surface area contributed by atoms with Crippen molar-refractivity contribution in [3.63, 3.8) is 0 Å². The number of methoxy groups -OCH3 is 1. The van der Waals surface area contributed by atoms with E-state index in [2.05, 4.69) is 27.4 Å². The van der Waals surface area contributed by atoms with E-state index in [1.165, 1.54) is 11.8 Å². The summed E-state index contributed by atoms with van der Waals surface area (Å²) in [6.45, 7) is 4.31. The molecule has 182 valence electrons. The van der Waals surface area contributed by atoms with Crippen LogP contribution in [0.5, 0.6) is 5.75 Å². The first-order valence-corrected chi connectivity index (χ1v) is 12.1. The van der Waals surface area contributed by atoms with Crippen LogP contribution < -0.4 is 15.4 Å². The van der Waals surface area contributed by atoms with Crippen molar-refractivity contribution in [1.82, 2.24) is 14.8 Å². The number of amides is 2. The van der Waals surface area contributed by atoms with Gasteiger partial charge in [0, 0.05) is 17.8 Å². The molecule has 1 heterocycles. The number of rotatable bonds is 10. The van der Waals surface area contributed by atoms with E-state index in [0.717, 1.165) is 11.3 Å². The van der Waals surface area contributed by atoms with Crippen molar-refractivity contribution in [2.45, 2.75) is 11.7 Å². The normalized spacial score (nSPS) is 10.5. The first-order chi connectivity index (χ1) is 17.6. The standard InChI is InChI=1S/C27H25N5O3S/c1-3-17-32-25(19-13-15-21(35-2)16-14-19)30-31-27(32)36-18-24(33)29-23-12-8-7-11-22(23)26(34)28-20-9-5-4-6-10-20/h3-16H,1,17-18H2,2H3,(H,28,34)(H,29,33). The van der Waals surface area contributed by atoms with Crippen molar-refractivity contribution >= 4 is 35.0 Å². The average Bonchev–Trinajstić information content (AvgIpc) is 3.31. The minimum atomic E-state index is -0.306. The Bertz CT molecular complexity index is 1350. The van der Waals surface area contributed by atoms with Crippen LogP contribution in [0.4, 0.5) is 11.4 Å². The summed E-state index contributed by atoms with van der Waals surface area (Å²) in [4.78, 5) is 25.6. The van der Waals surface area contributed by atoms with E-state index in [1.807, 2.05) is 47.0 Å². The molecule has 1 aromatic heterocycles. The van der Waals surface area contributed by atoms with E-state index in [1.54, 1.807) is 49.6 Å². The van der Waals surface area contributed by atoms with E-state index < -0.39 is 0 Å². The van der Waals surface area contributed by atoms with E-state index in [0.29, 0.717) is 34.5 Å². The summed E-state index contributed by atoms with van der Waals surface area (Å²) in [5, 5.41) is 14.9. The van der Waals surface area contributed by atoms with Crippen molar-refractivity contribution < 1.29 is 14.3 Å². The molecule has 9 heteroatoms. The van der Waals surface area contributed by atoms with E-state index in [4.69, 9.17) is 4.74 Å². The number of hydrogen-bond acceptors (Lipinski definition) is 6. The minimum Gasteiger partial charge on any atom is -0.497 e. The number of carbonyl (C=O) groups is 2. The molecule has 8 nitrogen and oxygen atoms in total. The largest absolute Gasteiger partial charge is 0.497 e. The van der Waals surface area contributed by atoms with E-state index in [-0.39, 0.29) is 17.6 Å². The number of aromatic nitrogens is 3. The van der Waals surface area contributed by atoms with Gasteiger partial charge in [-0.05, 0) is 48.5 Å². The van der Waals surface area contributed by atoms with Crippen LogP contribution in [0.2, 0.25) is 0 Å². The third kappa shape index (κ3) is 6.00. The van der Waals surface area contributed by atoms with Gasteiger partial charge in [-0.3, -0.25) is 14.2 Å². The van der Waals surface area contributed by atoms with Gasteiger partial charge in [0.2, 0.25) is 5.91 Å². The minimum absolute atomic E-state index is 0.0898. The Balaban J connectivity index is 1.44. The fraction of sp³-hybridized carbons (Fsp3) is 0.111. The highest BCUT2D eigenvalue weighted by Crippen LogP contribution is 2.26. The first kappa shape index (κ1) is 24.7. The Kier molecular flexibility index (Phi) is 8.15. The topological polar surface area (TPSA) is 98.1 Å². The molecular weight excluding hydrogens is 474 g/mol. The highest BCUT2D eigenvalue weighted by atomic mass is 32.2. The van der Waals surface area contributed by atoms with Crippen molar-refractivity contribution in [3.8, 4) is 17.1 Å². The predicted octanol–water partition coefficient (Wildman–Crippen LogP) is 5.12. The Hall–Kier alpha value is -4.37. The smallest absolute Gasteiger partial charge is 0.257 e. The molecule has 4 aromatic rings. The molecule has 0 bridgehead atoms. The van der Waals surface area contributed by atoms with Gasteiger partial charge in [0.15, 0.2) is 11.0 Å². The molecule has 36 heavy (non-hydrogen) atoms. The molecule has 0 aliphatic rings. The third-order valence-electron chi connectivity index (χ3n) is 5.19. The van der Waals surface area contributed by atoms with E-state index >= 15 is 0 Å². The Morgan fingerprint density at radius 3 is 2.42 bits per heavy atom. The number of carbonyl (C=O) groups excluding carboxylic acids is 2. The number of para-hydroxylation sites is 2. The summed E-state index contributed by atoms with van der Waals surface area (Å²) in [6.07, 6.45) is 1.75. The van der Waals surface area contributed by atoms with Crippen LogP contribution in [0, 0.1) is 0 Å². The highest BCUT2D eigenvalue weighted by molar-refractivity contribution is 7.99. The van der Waals surface area contributed by atoms with Crippen LogP contribution in [0.25, 0.3) is 11.4 Å². The van der Waals surface area contributed by atoms with Gasteiger partial charge in [-0.25, -0.2) is 0 Å².